The van der Waals surface area contributed by atoms with E-state index in [4.69, 9.17) is 4.74 Å². The number of thioether (sulfide) groups is 1. The van der Waals surface area contributed by atoms with Gasteiger partial charge in [0.05, 0.1) is 6.10 Å². The van der Waals surface area contributed by atoms with Crippen molar-refractivity contribution in [1.82, 2.24) is 0 Å². The van der Waals surface area contributed by atoms with Gasteiger partial charge in [-0.1, -0.05) is 77.1 Å². The predicted molar refractivity (Wildman–Crippen MR) is 162 cm³/mol. The lowest BCUT2D eigenvalue weighted by molar-refractivity contribution is -0.160. The molecule has 5 aliphatic rings. The number of rotatable bonds is 7. The van der Waals surface area contributed by atoms with Crippen LogP contribution in [0.4, 0.5) is 0 Å². The van der Waals surface area contributed by atoms with Crippen molar-refractivity contribution in [3.8, 4) is 0 Å². The average molecular weight is 535 g/mol. The van der Waals surface area contributed by atoms with Crippen molar-refractivity contribution in [3.05, 3.63) is 40.8 Å². The standard InChI is InChI=1S/C36H54OS/c1-22(2)25(5)32(38-27-11-9-23(3)10-12-27)19-24(4)29-13-14-30-28-20-33(37-8)36-21-26(36)15-18-35(36,7)31(28)16-17-34(29,30)6/h9-12,19,22,24-26,28-31,33H,13-18,20-21H2,1-8H3/b32-19-/t24-,25+,26-,28+,29-,30+,31+,33-,34-,35-,36+/m1/s1. The van der Waals surface area contributed by atoms with Gasteiger partial charge >= 0.3 is 0 Å². The zero-order valence-electron chi connectivity index (χ0n) is 25.6. The summed E-state index contributed by atoms with van der Waals surface area (Å²) in [5.74, 6) is 6.39. The third kappa shape index (κ3) is 3.96. The molecule has 0 saturated heterocycles. The zero-order valence-corrected chi connectivity index (χ0v) is 26.4. The second kappa shape index (κ2) is 9.68. The molecule has 0 aromatic heterocycles. The van der Waals surface area contributed by atoms with Crippen LogP contribution in [0, 0.1) is 70.5 Å². The molecule has 0 unspecified atom stereocenters. The molecule has 38 heavy (non-hydrogen) atoms. The molecule has 210 valence electrons. The summed E-state index contributed by atoms with van der Waals surface area (Å²) in [5.41, 5.74) is 2.91. The van der Waals surface area contributed by atoms with E-state index < -0.39 is 0 Å². The molecule has 1 nitrogen and oxygen atoms in total. The van der Waals surface area contributed by atoms with Crippen LogP contribution in [0.25, 0.3) is 0 Å². The molecule has 6 rings (SSSR count). The number of methoxy groups -OCH3 is 1. The molecule has 11 atom stereocenters. The summed E-state index contributed by atoms with van der Waals surface area (Å²) < 4.78 is 6.37. The molecule has 1 aromatic carbocycles. The Balaban J connectivity index is 1.25. The van der Waals surface area contributed by atoms with Crippen LogP contribution >= 0.6 is 11.8 Å². The van der Waals surface area contributed by atoms with E-state index in [-0.39, 0.29) is 0 Å². The maximum absolute atomic E-state index is 6.37. The minimum absolute atomic E-state index is 0.485. The lowest BCUT2D eigenvalue weighted by atomic mass is 9.45. The number of hydrogen-bond donors (Lipinski definition) is 0. The Morgan fingerprint density at radius 1 is 0.974 bits per heavy atom. The van der Waals surface area contributed by atoms with Gasteiger partial charge in [-0.3, -0.25) is 0 Å². The van der Waals surface area contributed by atoms with Crippen molar-refractivity contribution >= 4 is 11.8 Å². The molecule has 5 fully saturated rings. The van der Waals surface area contributed by atoms with Gasteiger partial charge in [-0.2, -0.15) is 0 Å². The highest BCUT2D eigenvalue weighted by atomic mass is 32.2. The lowest BCUT2D eigenvalue weighted by Gasteiger charge is -2.61. The summed E-state index contributed by atoms with van der Waals surface area (Å²) >= 11 is 2.03. The van der Waals surface area contributed by atoms with Gasteiger partial charge in [0.2, 0.25) is 0 Å². The van der Waals surface area contributed by atoms with E-state index in [1.807, 2.05) is 18.9 Å². The Hall–Kier alpha value is -0.730. The van der Waals surface area contributed by atoms with Gasteiger partial charge in [0.1, 0.15) is 0 Å². The second-order valence-electron chi connectivity index (χ2n) is 15.3. The summed E-state index contributed by atoms with van der Waals surface area (Å²) in [4.78, 5) is 2.98. The number of benzene rings is 1. The highest BCUT2D eigenvalue weighted by molar-refractivity contribution is 8.03. The minimum Gasteiger partial charge on any atom is -0.381 e. The number of allylic oxidation sites excluding steroid dienone is 2. The van der Waals surface area contributed by atoms with Crippen molar-refractivity contribution in [1.29, 1.82) is 0 Å². The summed E-state index contributed by atoms with van der Waals surface area (Å²) in [6.45, 7) is 17.4. The largest absolute Gasteiger partial charge is 0.381 e. The van der Waals surface area contributed by atoms with Gasteiger partial charge < -0.3 is 4.74 Å². The molecule has 2 heteroatoms. The van der Waals surface area contributed by atoms with E-state index in [0.29, 0.717) is 40.1 Å². The molecule has 0 amide bonds. The Bertz CT molecular complexity index is 1060. The van der Waals surface area contributed by atoms with Crippen molar-refractivity contribution in [2.45, 2.75) is 111 Å². The van der Waals surface area contributed by atoms with E-state index in [2.05, 4.69) is 78.8 Å². The smallest absolute Gasteiger partial charge is 0.0638 e. The maximum Gasteiger partial charge on any atom is 0.0638 e. The van der Waals surface area contributed by atoms with Gasteiger partial charge in [-0.25, -0.2) is 0 Å². The quantitative estimate of drug-likeness (QED) is 0.322. The number of hydrogen-bond acceptors (Lipinski definition) is 2. The van der Waals surface area contributed by atoms with Crippen LogP contribution in [0.2, 0.25) is 0 Å². The molecule has 5 aliphatic carbocycles. The van der Waals surface area contributed by atoms with E-state index in [1.54, 1.807) is 4.91 Å². The van der Waals surface area contributed by atoms with Crippen LogP contribution in [0.3, 0.4) is 0 Å². The average Bonchev–Trinajstić information content (AvgIpc) is 3.39. The van der Waals surface area contributed by atoms with Crippen molar-refractivity contribution in [2.24, 2.45) is 63.6 Å². The number of aryl methyl sites for hydroxylation is 1. The lowest BCUT2D eigenvalue weighted by Crippen LogP contribution is -2.57. The maximum atomic E-state index is 6.37. The first-order chi connectivity index (χ1) is 18.0. The molecular weight excluding hydrogens is 480 g/mol. The SMILES string of the molecule is CO[C@@H]1C[C@H]2[C@@H]3CC[C@H]([C@H](C)/C=C(\Sc4ccc(C)cc4)[C@@H](C)C(C)C)[C@@]3(C)CC[C@@H]2[C@@]2(C)CC[C@@H]3C[C@]312. The highest BCUT2D eigenvalue weighted by Gasteiger charge is 2.77. The highest BCUT2D eigenvalue weighted by Crippen LogP contribution is 2.82. The van der Waals surface area contributed by atoms with Crippen LogP contribution < -0.4 is 0 Å². The normalized spacial score (nSPS) is 45.2. The molecule has 5 saturated carbocycles. The summed E-state index contributed by atoms with van der Waals surface area (Å²) in [6.07, 6.45) is 14.8. The Kier molecular flexibility index (Phi) is 6.99. The van der Waals surface area contributed by atoms with E-state index >= 15 is 0 Å². The molecule has 0 radical (unpaired) electrons. The van der Waals surface area contributed by atoms with Crippen molar-refractivity contribution < 1.29 is 4.74 Å². The van der Waals surface area contributed by atoms with Crippen LogP contribution in [-0.4, -0.2) is 13.2 Å². The molecule has 1 aromatic rings. The van der Waals surface area contributed by atoms with Crippen LogP contribution in [0.1, 0.15) is 98.5 Å². The van der Waals surface area contributed by atoms with Crippen LogP contribution in [0.15, 0.2) is 40.1 Å². The first-order valence-electron chi connectivity index (χ1n) is 16.0. The fourth-order valence-corrected chi connectivity index (χ4v) is 12.5. The molecule has 0 heterocycles. The third-order valence-electron chi connectivity index (χ3n) is 13.7. The topological polar surface area (TPSA) is 9.23 Å². The van der Waals surface area contributed by atoms with Crippen LogP contribution in [-0.2, 0) is 4.74 Å². The Labute approximate surface area is 238 Å². The fraction of sp³-hybridized carbons (Fsp3) is 0.778. The van der Waals surface area contributed by atoms with Gasteiger partial charge in [0.15, 0.2) is 0 Å². The van der Waals surface area contributed by atoms with E-state index in [9.17, 15) is 0 Å². The van der Waals surface area contributed by atoms with Crippen molar-refractivity contribution in [3.63, 3.8) is 0 Å². The summed E-state index contributed by atoms with van der Waals surface area (Å²) in [7, 11) is 2.03. The summed E-state index contributed by atoms with van der Waals surface area (Å²) in [5, 5.41) is 0. The first-order valence-corrected chi connectivity index (χ1v) is 16.9. The Morgan fingerprint density at radius 2 is 1.71 bits per heavy atom. The second-order valence-corrected chi connectivity index (χ2v) is 16.5. The summed E-state index contributed by atoms with van der Waals surface area (Å²) in [6, 6.07) is 9.16. The Morgan fingerprint density at radius 3 is 2.37 bits per heavy atom. The van der Waals surface area contributed by atoms with Gasteiger partial charge in [-0.15, -0.1) is 0 Å². The monoisotopic (exact) mass is 534 g/mol. The first kappa shape index (κ1) is 27.4. The molecule has 0 N–H and O–H groups in total. The third-order valence-corrected chi connectivity index (χ3v) is 14.9. The molecular formula is C36H54OS. The van der Waals surface area contributed by atoms with Gasteiger partial charge in [0.25, 0.3) is 0 Å². The van der Waals surface area contributed by atoms with E-state index in [1.165, 1.54) is 61.8 Å². The van der Waals surface area contributed by atoms with E-state index in [0.717, 1.165) is 29.6 Å². The van der Waals surface area contributed by atoms with Crippen LogP contribution in [0.5, 0.6) is 0 Å². The van der Waals surface area contributed by atoms with Gasteiger partial charge in [-0.05, 0) is 134 Å². The molecule has 0 aliphatic heterocycles. The zero-order chi connectivity index (χ0) is 27.0. The fourth-order valence-electron chi connectivity index (χ4n) is 11.2. The molecule has 1 spiro atoms. The number of ether oxygens (including phenoxy) is 1. The van der Waals surface area contributed by atoms with Gasteiger partial charge in [0, 0.05) is 17.4 Å². The van der Waals surface area contributed by atoms with Crippen molar-refractivity contribution in [2.75, 3.05) is 7.11 Å². The predicted octanol–water partition coefficient (Wildman–Crippen LogP) is 10.2. The number of fused-ring (bicyclic) bond motifs is 4. The molecule has 0 bridgehead atoms. The minimum atomic E-state index is 0.485.